The van der Waals surface area contributed by atoms with E-state index in [9.17, 15) is 19.0 Å². The second kappa shape index (κ2) is 79.3. The lowest BCUT2D eigenvalue weighted by Crippen LogP contribution is -2.37. The molecule has 576 valence electrons. The zero-order chi connectivity index (χ0) is 72.5. The summed E-state index contributed by atoms with van der Waals surface area (Å²) in [6.45, 7) is 4.16. The number of hydrogen-bond acceptors (Lipinski definition) is 8. The Hall–Kier alpha value is -3.85. The van der Waals surface area contributed by atoms with Crippen LogP contribution < -0.4 is 4.89 Å². The van der Waals surface area contributed by atoms with Crippen LogP contribution in [0.4, 0.5) is 0 Å². The van der Waals surface area contributed by atoms with Crippen LogP contribution in [0.15, 0.2) is 134 Å². The van der Waals surface area contributed by atoms with Gasteiger partial charge in [-0.3, -0.25) is 14.2 Å². The van der Waals surface area contributed by atoms with Gasteiger partial charge in [0, 0.05) is 12.8 Å². The Balaban J connectivity index is 3.99. The molecule has 0 amide bonds. The summed E-state index contributed by atoms with van der Waals surface area (Å²) in [6, 6.07) is 0. The van der Waals surface area contributed by atoms with Crippen LogP contribution in [0, 0.1) is 0 Å². The Kier molecular flexibility index (Phi) is 76.2. The number of carbonyl (C=O) groups excluding carboxylic acids is 2. The summed E-state index contributed by atoms with van der Waals surface area (Å²) >= 11 is 0. The highest BCUT2D eigenvalue weighted by atomic mass is 31.2. The molecule has 2 atom stereocenters. The van der Waals surface area contributed by atoms with E-state index in [1.54, 1.807) is 0 Å². The Morgan fingerprint density at radius 2 is 0.570 bits per heavy atom. The fourth-order valence-corrected chi connectivity index (χ4v) is 12.5. The number of esters is 2. The smallest absolute Gasteiger partial charge is 0.306 e. The Bertz CT molecular complexity index is 2160. The van der Waals surface area contributed by atoms with Gasteiger partial charge in [0.15, 0.2) is 6.10 Å². The number of rotatable bonds is 77. The molecule has 2 unspecified atom stereocenters. The van der Waals surface area contributed by atoms with E-state index in [1.165, 1.54) is 231 Å². The molecule has 10 heteroatoms. The number of hydrogen-bond donors (Lipinski definition) is 0. The zero-order valence-corrected chi connectivity index (χ0v) is 66.8. The molecule has 0 aromatic carbocycles. The second-order valence-corrected chi connectivity index (χ2v) is 30.5. The van der Waals surface area contributed by atoms with Gasteiger partial charge in [-0.15, -0.1) is 0 Å². The van der Waals surface area contributed by atoms with Crippen LogP contribution in [0.25, 0.3) is 0 Å². The molecule has 0 bridgehead atoms. The largest absolute Gasteiger partial charge is 0.756 e. The molecule has 0 rings (SSSR count). The fourth-order valence-electron chi connectivity index (χ4n) is 11.8. The summed E-state index contributed by atoms with van der Waals surface area (Å²) < 4.78 is 34.4. The highest BCUT2D eigenvalue weighted by Crippen LogP contribution is 2.38. The van der Waals surface area contributed by atoms with Crippen LogP contribution in [0.5, 0.6) is 0 Å². The van der Waals surface area contributed by atoms with Gasteiger partial charge < -0.3 is 27.9 Å². The van der Waals surface area contributed by atoms with Gasteiger partial charge in [0.25, 0.3) is 7.82 Å². The highest BCUT2D eigenvalue weighted by Gasteiger charge is 2.22. The molecule has 0 radical (unpaired) electrons. The number of unbranched alkanes of at least 4 members (excludes halogenated alkanes) is 41. The molecule has 0 saturated carbocycles. The minimum atomic E-state index is -4.65. The van der Waals surface area contributed by atoms with Crippen LogP contribution >= 0.6 is 7.82 Å². The van der Waals surface area contributed by atoms with Crippen LogP contribution in [-0.2, 0) is 32.7 Å². The summed E-state index contributed by atoms with van der Waals surface area (Å²) in [7, 11) is 1.16. The fraction of sp³-hybridized carbons (Fsp3) is 0.733. The summed E-state index contributed by atoms with van der Waals surface area (Å²) in [4.78, 5) is 38.2. The summed E-state index contributed by atoms with van der Waals surface area (Å²) in [6.07, 6.45) is 116. The van der Waals surface area contributed by atoms with Gasteiger partial charge >= 0.3 is 11.9 Å². The summed E-state index contributed by atoms with van der Waals surface area (Å²) in [5, 5.41) is 0. The molecule has 0 N–H and O–H groups in total. The van der Waals surface area contributed by atoms with Crippen molar-refractivity contribution < 1.29 is 42.1 Å². The SMILES string of the molecule is CC/C=C\C/C=C\C/C=C\C/C=C\C/C=C\C/C=C\C/C=C\C/C=C\C/C=C\C/C=C\CCCCCCCCCCCCC(=O)OC(COC(=O)CCCCCCCCCCCCCCCCCCCCCCCCC/C=C\CCCCCCCCCC)COP(=O)([O-])OCC[N+](C)(C)C. The van der Waals surface area contributed by atoms with E-state index in [1.807, 2.05) is 21.1 Å². The Morgan fingerprint density at radius 3 is 0.860 bits per heavy atom. The first-order chi connectivity index (χ1) is 49.0. The van der Waals surface area contributed by atoms with Crippen LogP contribution in [0.3, 0.4) is 0 Å². The molecule has 0 aliphatic carbocycles. The van der Waals surface area contributed by atoms with Gasteiger partial charge in [-0.2, -0.15) is 0 Å². The highest BCUT2D eigenvalue weighted by molar-refractivity contribution is 7.45. The first-order valence-electron chi connectivity index (χ1n) is 41.9. The molecule has 0 spiro atoms. The molecular weight excluding hydrogens is 1250 g/mol. The van der Waals surface area contributed by atoms with E-state index in [0.29, 0.717) is 17.4 Å². The third-order valence-electron chi connectivity index (χ3n) is 18.2. The van der Waals surface area contributed by atoms with E-state index < -0.39 is 26.5 Å². The minimum Gasteiger partial charge on any atom is -0.756 e. The van der Waals surface area contributed by atoms with Crippen molar-refractivity contribution in [1.29, 1.82) is 0 Å². The monoisotopic (exact) mass is 1410 g/mol. The standard InChI is InChI=1S/C90H158NO8P/c1-6-8-10-12-14-16-18-20-22-24-26-28-30-32-34-36-38-40-42-43-44-45-46-47-49-51-53-55-57-59-61-63-65-67-69-71-73-75-77-79-81-83-90(93)99-88(87-98-100(94,95)97-85-84-91(3,4)5)86-96-89(92)82-80-78-76-74-72-70-68-66-64-62-60-58-56-54-52-50-48-41-39-37-35-33-31-29-27-25-23-21-19-17-15-13-11-9-7-2/h8,10,14,16,20,22,25-28,32,34,38,40,43-44,46-47,51,53,57,59,88H,6-7,9,11-13,15,17-19,21,23-24,29-31,33,35-37,39,41-42,45,48-50,52,54-56,58,60-87H2,1-5H3/b10-8-,16-14-,22-20-,27-25-,28-26-,34-32-,40-38-,44-43-,47-46-,53-51-,59-57-. The lowest BCUT2D eigenvalue weighted by atomic mass is 10.0. The van der Waals surface area contributed by atoms with Crippen molar-refractivity contribution in [3.05, 3.63) is 134 Å². The number of phosphoric acid groups is 1. The number of likely N-dealkylation sites (N-methyl/N-ethyl adjacent to an activating group) is 1. The van der Waals surface area contributed by atoms with Gasteiger partial charge in [-0.1, -0.05) is 379 Å². The Morgan fingerprint density at radius 1 is 0.320 bits per heavy atom. The number of quaternary nitrogens is 1. The first kappa shape index (κ1) is 96.2. The molecule has 0 saturated heterocycles. The third-order valence-corrected chi connectivity index (χ3v) is 19.1. The van der Waals surface area contributed by atoms with E-state index in [0.717, 1.165) is 109 Å². The minimum absolute atomic E-state index is 0.0353. The van der Waals surface area contributed by atoms with Crippen LogP contribution in [-0.4, -0.2) is 70.0 Å². The maximum atomic E-state index is 12.9. The van der Waals surface area contributed by atoms with Crippen LogP contribution in [0.2, 0.25) is 0 Å². The van der Waals surface area contributed by atoms with Crippen LogP contribution in [0.1, 0.15) is 373 Å². The maximum absolute atomic E-state index is 12.9. The first-order valence-corrected chi connectivity index (χ1v) is 43.4. The molecule has 0 aromatic rings. The summed E-state index contributed by atoms with van der Waals surface area (Å²) in [5.74, 6) is -0.829. The van der Waals surface area contributed by atoms with Gasteiger partial charge in [-0.25, -0.2) is 0 Å². The average molecular weight is 1410 g/mol. The molecular formula is C90H158NO8P. The quantitative estimate of drug-likeness (QED) is 0.0195. The van der Waals surface area contributed by atoms with Crippen molar-refractivity contribution in [2.75, 3.05) is 47.5 Å². The van der Waals surface area contributed by atoms with E-state index in [2.05, 4.69) is 148 Å². The van der Waals surface area contributed by atoms with E-state index in [-0.39, 0.29) is 32.0 Å². The molecule has 0 fully saturated rings. The Labute approximate surface area is 619 Å². The van der Waals surface area contributed by atoms with Gasteiger partial charge in [-0.05, 0) is 116 Å². The average Bonchev–Trinajstić information content (AvgIpc) is 1.30. The zero-order valence-electron chi connectivity index (χ0n) is 65.9. The predicted molar refractivity (Wildman–Crippen MR) is 434 cm³/mol. The number of carbonyl (C=O) groups is 2. The lowest BCUT2D eigenvalue weighted by molar-refractivity contribution is -0.870. The van der Waals surface area contributed by atoms with Crippen molar-refractivity contribution in [3.8, 4) is 0 Å². The van der Waals surface area contributed by atoms with Gasteiger partial charge in [0.2, 0.25) is 0 Å². The van der Waals surface area contributed by atoms with Crippen molar-refractivity contribution in [3.63, 3.8) is 0 Å². The molecule has 0 aliphatic rings. The van der Waals surface area contributed by atoms with Crippen molar-refractivity contribution in [1.82, 2.24) is 0 Å². The molecule has 100 heavy (non-hydrogen) atoms. The molecule has 9 nitrogen and oxygen atoms in total. The number of phosphoric ester groups is 1. The normalized spacial score (nSPS) is 13.7. The maximum Gasteiger partial charge on any atom is 0.306 e. The van der Waals surface area contributed by atoms with E-state index in [4.69, 9.17) is 18.5 Å². The number of nitrogens with zero attached hydrogens (tertiary/aromatic N) is 1. The summed E-state index contributed by atoms with van der Waals surface area (Å²) in [5.41, 5.74) is 0. The predicted octanol–water partition coefficient (Wildman–Crippen LogP) is 27.7. The van der Waals surface area contributed by atoms with Crippen molar-refractivity contribution in [2.45, 2.75) is 380 Å². The van der Waals surface area contributed by atoms with Gasteiger partial charge in [0.1, 0.15) is 19.8 Å². The van der Waals surface area contributed by atoms with Gasteiger partial charge in [0.05, 0.1) is 27.7 Å². The van der Waals surface area contributed by atoms with E-state index >= 15 is 0 Å². The lowest BCUT2D eigenvalue weighted by Gasteiger charge is -2.28. The second-order valence-electron chi connectivity index (χ2n) is 29.1. The van der Waals surface area contributed by atoms with Crippen molar-refractivity contribution >= 4 is 19.8 Å². The molecule has 0 aromatic heterocycles. The topological polar surface area (TPSA) is 111 Å². The molecule has 0 aliphatic heterocycles. The number of allylic oxidation sites excluding steroid dienone is 22. The van der Waals surface area contributed by atoms with Crippen molar-refractivity contribution in [2.24, 2.45) is 0 Å². The third kappa shape index (κ3) is 83.1. The number of ether oxygens (including phenoxy) is 2. The molecule has 0 heterocycles.